The van der Waals surface area contributed by atoms with E-state index in [4.69, 9.17) is 0 Å². The standard InChI is InChI=1S/C9H16N2O/c1-10-8-4-6-3-7(6)5-11(2)9(8)12/h6-8,10H,3-5H2,1-2H3. The van der Waals surface area contributed by atoms with Gasteiger partial charge in [0.2, 0.25) is 5.91 Å². The number of amides is 1. The molecule has 1 saturated carbocycles. The molecule has 3 atom stereocenters. The molecular weight excluding hydrogens is 152 g/mol. The molecule has 0 aromatic heterocycles. The van der Waals surface area contributed by atoms with E-state index in [0.29, 0.717) is 0 Å². The number of likely N-dealkylation sites (N-methyl/N-ethyl adjacent to an activating group) is 2. The zero-order valence-corrected chi connectivity index (χ0v) is 7.71. The van der Waals surface area contributed by atoms with Gasteiger partial charge in [-0.05, 0) is 31.7 Å². The average molecular weight is 168 g/mol. The Balaban J connectivity index is 2.08. The summed E-state index contributed by atoms with van der Waals surface area (Å²) < 4.78 is 0. The van der Waals surface area contributed by atoms with Gasteiger partial charge in [-0.3, -0.25) is 4.79 Å². The van der Waals surface area contributed by atoms with Gasteiger partial charge in [0, 0.05) is 13.6 Å². The highest BCUT2D eigenvalue weighted by Crippen LogP contribution is 2.44. The van der Waals surface area contributed by atoms with E-state index in [9.17, 15) is 4.79 Å². The van der Waals surface area contributed by atoms with Crippen molar-refractivity contribution in [1.29, 1.82) is 0 Å². The molecule has 1 aliphatic carbocycles. The molecule has 68 valence electrons. The normalized spacial score (nSPS) is 40.7. The first kappa shape index (κ1) is 8.05. The maximum absolute atomic E-state index is 11.6. The van der Waals surface area contributed by atoms with Gasteiger partial charge < -0.3 is 10.2 Å². The summed E-state index contributed by atoms with van der Waals surface area (Å²) in [6.45, 7) is 0.974. The van der Waals surface area contributed by atoms with Crippen LogP contribution in [0.3, 0.4) is 0 Å². The fourth-order valence-electron chi connectivity index (χ4n) is 2.18. The Labute approximate surface area is 73.1 Å². The highest BCUT2D eigenvalue weighted by Gasteiger charge is 2.44. The summed E-state index contributed by atoms with van der Waals surface area (Å²) in [5, 5.41) is 3.09. The molecule has 0 aromatic carbocycles. The number of fused-ring (bicyclic) bond motifs is 1. The SMILES string of the molecule is CNC1CC2CC2CN(C)C1=O. The first-order valence-corrected chi connectivity index (χ1v) is 4.64. The van der Waals surface area contributed by atoms with Crippen LogP contribution in [0.15, 0.2) is 0 Å². The third kappa shape index (κ3) is 1.22. The lowest BCUT2D eigenvalue weighted by atomic mass is 10.1. The topological polar surface area (TPSA) is 32.3 Å². The smallest absolute Gasteiger partial charge is 0.239 e. The lowest BCUT2D eigenvalue weighted by Crippen LogP contribution is -2.42. The molecule has 0 spiro atoms. The maximum Gasteiger partial charge on any atom is 0.239 e. The summed E-state index contributed by atoms with van der Waals surface area (Å²) in [6, 6.07) is 0.0764. The van der Waals surface area contributed by atoms with Gasteiger partial charge >= 0.3 is 0 Å². The van der Waals surface area contributed by atoms with Crippen molar-refractivity contribution in [2.75, 3.05) is 20.6 Å². The van der Waals surface area contributed by atoms with Crippen LogP contribution < -0.4 is 5.32 Å². The molecule has 3 nitrogen and oxygen atoms in total. The number of nitrogens with one attached hydrogen (secondary N) is 1. The third-order valence-electron chi connectivity index (χ3n) is 3.14. The van der Waals surface area contributed by atoms with Crippen molar-refractivity contribution in [3.63, 3.8) is 0 Å². The summed E-state index contributed by atoms with van der Waals surface area (Å²) >= 11 is 0. The van der Waals surface area contributed by atoms with Gasteiger partial charge in [0.05, 0.1) is 6.04 Å². The van der Waals surface area contributed by atoms with Gasteiger partial charge in [0.1, 0.15) is 0 Å². The van der Waals surface area contributed by atoms with Crippen LogP contribution in [-0.4, -0.2) is 37.5 Å². The summed E-state index contributed by atoms with van der Waals surface area (Å²) in [6.07, 6.45) is 2.38. The number of likely N-dealkylation sites (tertiary alicyclic amines) is 1. The molecule has 1 heterocycles. The second-order valence-electron chi connectivity index (χ2n) is 4.05. The van der Waals surface area contributed by atoms with Crippen LogP contribution in [0.5, 0.6) is 0 Å². The maximum atomic E-state index is 11.6. The molecule has 0 bridgehead atoms. The zero-order valence-electron chi connectivity index (χ0n) is 7.71. The van der Waals surface area contributed by atoms with Crippen LogP contribution in [0.2, 0.25) is 0 Å². The quantitative estimate of drug-likeness (QED) is 0.601. The fraction of sp³-hybridized carbons (Fsp3) is 0.889. The molecule has 3 unspecified atom stereocenters. The number of hydrogen-bond acceptors (Lipinski definition) is 2. The Bertz CT molecular complexity index is 205. The predicted molar refractivity (Wildman–Crippen MR) is 46.7 cm³/mol. The Morgan fingerprint density at radius 3 is 2.83 bits per heavy atom. The monoisotopic (exact) mass is 168 g/mol. The molecule has 2 aliphatic rings. The van der Waals surface area contributed by atoms with Gasteiger partial charge in [-0.15, -0.1) is 0 Å². The van der Waals surface area contributed by atoms with Gasteiger partial charge in [0.25, 0.3) is 0 Å². The van der Waals surface area contributed by atoms with E-state index in [1.54, 1.807) is 0 Å². The average Bonchev–Trinajstić information content (AvgIpc) is 2.77. The number of carbonyl (C=O) groups is 1. The van der Waals surface area contributed by atoms with Crippen LogP contribution in [0.4, 0.5) is 0 Å². The van der Waals surface area contributed by atoms with E-state index < -0.39 is 0 Å². The molecule has 1 N–H and O–H groups in total. The van der Waals surface area contributed by atoms with Crippen molar-refractivity contribution >= 4 is 5.91 Å². The van der Waals surface area contributed by atoms with Crippen molar-refractivity contribution in [2.24, 2.45) is 11.8 Å². The Morgan fingerprint density at radius 2 is 2.17 bits per heavy atom. The molecule has 1 aliphatic heterocycles. The van der Waals surface area contributed by atoms with E-state index in [1.165, 1.54) is 6.42 Å². The number of rotatable bonds is 1. The molecule has 0 radical (unpaired) electrons. The van der Waals surface area contributed by atoms with E-state index in [-0.39, 0.29) is 11.9 Å². The fourth-order valence-corrected chi connectivity index (χ4v) is 2.18. The van der Waals surface area contributed by atoms with Crippen molar-refractivity contribution in [3.8, 4) is 0 Å². The minimum absolute atomic E-state index is 0.0764. The highest BCUT2D eigenvalue weighted by molar-refractivity contribution is 5.82. The minimum atomic E-state index is 0.0764. The van der Waals surface area contributed by atoms with Crippen molar-refractivity contribution in [1.82, 2.24) is 10.2 Å². The van der Waals surface area contributed by atoms with Crippen LogP contribution >= 0.6 is 0 Å². The molecule has 2 rings (SSSR count). The van der Waals surface area contributed by atoms with Crippen molar-refractivity contribution in [3.05, 3.63) is 0 Å². The first-order chi connectivity index (χ1) is 5.72. The van der Waals surface area contributed by atoms with E-state index in [2.05, 4.69) is 5.32 Å². The van der Waals surface area contributed by atoms with E-state index in [1.807, 2.05) is 19.0 Å². The number of hydrogen-bond donors (Lipinski definition) is 1. The van der Waals surface area contributed by atoms with Crippen LogP contribution in [0.25, 0.3) is 0 Å². The molecule has 1 saturated heterocycles. The lowest BCUT2D eigenvalue weighted by Gasteiger charge is -2.20. The molecule has 0 aromatic rings. The highest BCUT2D eigenvalue weighted by atomic mass is 16.2. The van der Waals surface area contributed by atoms with E-state index in [0.717, 1.165) is 24.8 Å². The van der Waals surface area contributed by atoms with Gasteiger partial charge in [-0.25, -0.2) is 0 Å². The molecule has 2 fully saturated rings. The van der Waals surface area contributed by atoms with Crippen molar-refractivity contribution < 1.29 is 4.79 Å². The molecule has 3 heteroatoms. The van der Waals surface area contributed by atoms with Gasteiger partial charge in [-0.1, -0.05) is 0 Å². The summed E-state index contributed by atoms with van der Waals surface area (Å²) in [7, 11) is 3.78. The Morgan fingerprint density at radius 1 is 1.42 bits per heavy atom. The third-order valence-corrected chi connectivity index (χ3v) is 3.14. The zero-order chi connectivity index (χ0) is 8.72. The predicted octanol–water partition coefficient (Wildman–Crippen LogP) is 0.0726. The molecule has 12 heavy (non-hydrogen) atoms. The summed E-state index contributed by atoms with van der Waals surface area (Å²) in [5.74, 6) is 1.89. The number of carbonyl (C=O) groups excluding carboxylic acids is 1. The lowest BCUT2D eigenvalue weighted by molar-refractivity contribution is -0.131. The second-order valence-corrected chi connectivity index (χ2v) is 4.05. The van der Waals surface area contributed by atoms with Crippen LogP contribution in [0.1, 0.15) is 12.8 Å². The van der Waals surface area contributed by atoms with E-state index >= 15 is 0 Å². The minimum Gasteiger partial charge on any atom is -0.344 e. The largest absolute Gasteiger partial charge is 0.344 e. The van der Waals surface area contributed by atoms with Crippen LogP contribution in [0, 0.1) is 11.8 Å². The molecule has 1 amide bonds. The Hall–Kier alpha value is -0.570. The van der Waals surface area contributed by atoms with Gasteiger partial charge in [-0.2, -0.15) is 0 Å². The summed E-state index contributed by atoms with van der Waals surface area (Å²) in [4.78, 5) is 13.5. The van der Waals surface area contributed by atoms with Gasteiger partial charge in [0.15, 0.2) is 0 Å². The van der Waals surface area contributed by atoms with Crippen molar-refractivity contribution in [2.45, 2.75) is 18.9 Å². The Kier molecular flexibility index (Phi) is 1.83. The summed E-state index contributed by atoms with van der Waals surface area (Å²) in [5.41, 5.74) is 0. The number of nitrogens with zero attached hydrogens (tertiary/aromatic N) is 1. The van der Waals surface area contributed by atoms with Crippen LogP contribution in [-0.2, 0) is 4.79 Å². The second kappa shape index (κ2) is 2.73. The molecular formula is C9H16N2O. The first-order valence-electron chi connectivity index (χ1n) is 4.64.